The van der Waals surface area contributed by atoms with Gasteiger partial charge in [0.05, 0.1) is 6.04 Å². The van der Waals surface area contributed by atoms with Crippen molar-refractivity contribution in [2.75, 3.05) is 31.1 Å². The van der Waals surface area contributed by atoms with Crippen molar-refractivity contribution in [2.24, 2.45) is 0 Å². The first-order valence-corrected chi connectivity index (χ1v) is 10.2. The quantitative estimate of drug-likeness (QED) is 0.840. The minimum Gasteiger partial charge on any atom is -0.344 e. The fourth-order valence-corrected chi connectivity index (χ4v) is 4.12. The number of carbonyl (C=O) groups is 2. The number of likely N-dealkylation sites (tertiary alicyclic amines) is 1. The second-order valence-electron chi connectivity index (χ2n) is 7.64. The van der Waals surface area contributed by atoms with E-state index in [1.165, 1.54) is 12.8 Å². The number of benzene rings is 2. The normalized spacial score (nSPS) is 18.4. The van der Waals surface area contributed by atoms with Crippen LogP contribution < -0.4 is 10.2 Å². The lowest BCUT2D eigenvalue weighted by molar-refractivity contribution is -0.117. The molecule has 2 fully saturated rings. The van der Waals surface area contributed by atoms with Crippen molar-refractivity contribution in [1.29, 1.82) is 0 Å². The predicted octanol–water partition coefficient (Wildman–Crippen LogP) is 3.38. The largest absolute Gasteiger partial charge is 0.344 e. The molecule has 5 heteroatoms. The van der Waals surface area contributed by atoms with Crippen molar-refractivity contribution in [3.05, 3.63) is 65.7 Å². The highest BCUT2D eigenvalue weighted by atomic mass is 16.2. The van der Waals surface area contributed by atoms with Gasteiger partial charge in [0.15, 0.2) is 0 Å². The van der Waals surface area contributed by atoms with Crippen LogP contribution in [0.5, 0.6) is 0 Å². The van der Waals surface area contributed by atoms with Gasteiger partial charge < -0.3 is 15.1 Å². The van der Waals surface area contributed by atoms with Crippen LogP contribution in [0, 0.1) is 0 Å². The number of nitrogens with zero attached hydrogens (tertiary/aromatic N) is 2. The highest BCUT2D eigenvalue weighted by Crippen LogP contribution is 2.23. The summed E-state index contributed by atoms with van der Waals surface area (Å²) in [7, 11) is 0. The second-order valence-corrected chi connectivity index (χ2v) is 7.64. The van der Waals surface area contributed by atoms with Crippen LogP contribution in [-0.2, 0) is 4.79 Å². The lowest BCUT2D eigenvalue weighted by Crippen LogP contribution is -2.37. The molecule has 0 spiro atoms. The molecule has 0 saturated carbocycles. The summed E-state index contributed by atoms with van der Waals surface area (Å²) in [6, 6.07) is 17.5. The van der Waals surface area contributed by atoms with Crippen molar-refractivity contribution in [1.82, 2.24) is 10.2 Å². The summed E-state index contributed by atoms with van der Waals surface area (Å²) < 4.78 is 0. The van der Waals surface area contributed by atoms with E-state index in [1.807, 2.05) is 42.5 Å². The summed E-state index contributed by atoms with van der Waals surface area (Å²) in [5, 5.41) is 3.22. The molecule has 2 aliphatic heterocycles. The highest BCUT2D eigenvalue weighted by Gasteiger charge is 2.24. The van der Waals surface area contributed by atoms with Crippen LogP contribution in [0.4, 0.5) is 5.69 Å². The van der Waals surface area contributed by atoms with Crippen LogP contribution >= 0.6 is 0 Å². The molecular formula is C23H27N3O2. The molecule has 2 heterocycles. The molecule has 1 N–H and O–H groups in total. The van der Waals surface area contributed by atoms with E-state index in [2.05, 4.69) is 22.3 Å². The molecule has 0 radical (unpaired) electrons. The van der Waals surface area contributed by atoms with E-state index in [-0.39, 0.29) is 17.9 Å². The van der Waals surface area contributed by atoms with Crippen LogP contribution in [0.2, 0.25) is 0 Å². The molecule has 0 aliphatic carbocycles. The molecule has 0 aromatic heterocycles. The van der Waals surface area contributed by atoms with E-state index in [0.29, 0.717) is 12.0 Å². The summed E-state index contributed by atoms with van der Waals surface area (Å²) in [6.45, 7) is 3.73. The molecule has 28 heavy (non-hydrogen) atoms. The predicted molar refractivity (Wildman–Crippen MR) is 110 cm³/mol. The van der Waals surface area contributed by atoms with Crippen LogP contribution in [0.25, 0.3) is 0 Å². The summed E-state index contributed by atoms with van der Waals surface area (Å²) in [4.78, 5) is 29.2. The highest BCUT2D eigenvalue weighted by molar-refractivity contribution is 5.99. The third-order valence-electron chi connectivity index (χ3n) is 5.64. The minimum atomic E-state index is -0.0958. The first-order valence-electron chi connectivity index (χ1n) is 10.2. The van der Waals surface area contributed by atoms with E-state index in [1.54, 1.807) is 4.90 Å². The van der Waals surface area contributed by atoms with Gasteiger partial charge in [-0.05, 0) is 56.1 Å². The number of anilines is 1. The molecule has 2 aromatic rings. The van der Waals surface area contributed by atoms with E-state index in [0.717, 1.165) is 43.9 Å². The summed E-state index contributed by atoms with van der Waals surface area (Å²) in [6.07, 6.45) is 3.91. The molecule has 1 atom stereocenters. The van der Waals surface area contributed by atoms with Crippen molar-refractivity contribution in [2.45, 2.75) is 31.7 Å². The van der Waals surface area contributed by atoms with Crippen LogP contribution in [0.1, 0.15) is 47.6 Å². The summed E-state index contributed by atoms with van der Waals surface area (Å²) in [5.74, 6) is 0.0373. The molecule has 2 aromatic carbocycles. The zero-order valence-electron chi connectivity index (χ0n) is 16.1. The smallest absolute Gasteiger partial charge is 0.251 e. The van der Waals surface area contributed by atoms with Crippen molar-refractivity contribution < 1.29 is 9.59 Å². The zero-order valence-corrected chi connectivity index (χ0v) is 16.1. The maximum Gasteiger partial charge on any atom is 0.251 e. The molecule has 5 nitrogen and oxygen atoms in total. The van der Waals surface area contributed by atoms with E-state index < -0.39 is 0 Å². The van der Waals surface area contributed by atoms with Gasteiger partial charge in [0.1, 0.15) is 0 Å². The third kappa shape index (κ3) is 4.25. The second kappa shape index (κ2) is 8.57. The van der Waals surface area contributed by atoms with Gasteiger partial charge in [-0.3, -0.25) is 9.59 Å². The molecular weight excluding hydrogens is 350 g/mol. The number of carbonyl (C=O) groups excluding carboxylic acids is 2. The molecule has 146 valence electrons. The average molecular weight is 377 g/mol. The van der Waals surface area contributed by atoms with Crippen molar-refractivity contribution in [3.63, 3.8) is 0 Å². The number of hydrogen-bond acceptors (Lipinski definition) is 3. The number of amides is 2. The molecule has 1 unspecified atom stereocenters. The molecule has 2 saturated heterocycles. The molecule has 4 rings (SSSR count). The Morgan fingerprint density at radius 2 is 1.75 bits per heavy atom. The fourth-order valence-electron chi connectivity index (χ4n) is 4.12. The lowest BCUT2D eigenvalue weighted by atomic mass is 10.1. The Morgan fingerprint density at radius 3 is 2.46 bits per heavy atom. The monoisotopic (exact) mass is 377 g/mol. The number of rotatable bonds is 6. The molecule has 2 amide bonds. The minimum absolute atomic E-state index is 0.0520. The zero-order chi connectivity index (χ0) is 19.3. The molecule has 0 bridgehead atoms. The maximum absolute atomic E-state index is 13.0. The summed E-state index contributed by atoms with van der Waals surface area (Å²) >= 11 is 0. The van der Waals surface area contributed by atoms with E-state index in [9.17, 15) is 9.59 Å². The SMILES string of the molecule is O=C(NC(CN1CCCC1)c1ccccc1)c1cccc(N2CCCC2=O)c1. The van der Waals surface area contributed by atoms with Crippen LogP contribution in [0.3, 0.4) is 0 Å². The Labute approximate surface area is 166 Å². The Bertz CT molecular complexity index is 831. The Morgan fingerprint density at radius 1 is 0.964 bits per heavy atom. The Hall–Kier alpha value is -2.66. The van der Waals surface area contributed by atoms with Crippen molar-refractivity contribution >= 4 is 17.5 Å². The summed E-state index contributed by atoms with van der Waals surface area (Å²) in [5.41, 5.74) is 2.53. The van der Waals surface area contributed by atoms with Gasteiger partial charge in [-0.2, -0.15) is 0 Å². The third-order valence-corrected chi connectivity index (χ3v) is 5.64. The van der Waals surface area contributed by atoms with Gasteiger partial charge >= 0.3 is 0 Å². The van der Waals surface area contributed by atoms with Crippen LogP contribution in [0.15, 0.2) is 54.6 Å². The van der Waals surface area contributed by atoms with Gasteiger partial charge in [0.25, 0.3) is 5.91 Å². The topological polar surface area (TPSA) is 52.7 Å². The maximum atomic E-state index is 13.0. The standard InChI is InChI=1S/C23H27N3O2/c27-22-12-7-15-26(22)20-11-6-10-19(16-20)23(28)24-21(17-25-13-4-5-14-25)18-8-2-1-3-9-18/h1-3,6,8-11,16,21H,4-5,7,12-15,17H2,(H,24,28). The van der Waals surface area contributed by atoms with Crippen molar-refractivity contribution in [3.8, 4) is 0 Å². The van der Waals surface area contributed by atoms with Gasteiger partial charge in [-0.15, -0.1) is 0 Å². The Balaban J connectivity index is 1.51. The van der Waals surface area contributed by atoms with Gasteiger partial charge in [0, 0.05) is 30.8 Å². The average Bonchev–Trinajstić information content (AvgIpc) is 3.40. The van der Waals surface area contributed by atoms with E-state index in [4.69, 9.17) is 0 Å². The number of nitrogens with one attached hydrogen (secondary N) is 1. The van der Waals surface area contributed by atoms with Gasteiger partial charge in [-0.1, -0.05) is 36.4 Å². The first-order chi connectivity index (χ1) is 13.7. The molecule has 2 aliphatic rings. The van der Waals surface area contributed by atoms with E-state index >= 15 is 0 Å². The first kappa shape index (κ1) is 18.7. The van der Waals surface area contributed by atoms with Crippen LogP contribution in [-0.4, -0.2) is 42.9 Å². The fraction of sp³-hybridized carbons (Fsp3) is 0.391. The lowest BCUT2D eigenvalue weighted by Gasteiger charge is -2.25. The number of hydrogen-bond donors (Lipinski definition) is 1. The van der Waals surface area contributed by atoms with Gasteiger partial charge in [-0.25, -0.2) is 0 Å². The Kier molecular flexibility index (Phi) is 5.72. The van der Waals surface area contributed by atoms with Gasteiger partial charge in [0.2, 0.25) is 5.91 Å².